The van der Waals surface area contributed by atoms with E-state index in [-0.39, 0.29) is 11.1 Å². The van der Waals surface area contributed by atoms with Gasteiger partial charge in [-0.1, -0.05) is 30.7 Å². The van der Waals surface area contributed by atoms with Gasteiger partial charge in [-0.05, 0) is 88.1 Å². The minimum absolute atomic E-state index is 0.0529. The number of benzene rings is 2. The highest BCUT2D eigenvalue weighted by atomic mass is 16.1. The number of hydrogen-bond acceptors (Lipinski definition) is 3. The summed E-state index contributed by atoms with van der Waals surface area (Å²) in [5.74, 6) is -0.399. The van der Waals surface area contributed by atoms with E-state index in [4.69, 9.17) is 0 Å². The number of amides is 1. The fraction of sp³-hybridized carbons (Fsp3) is 0.333. The van der Waals surface area contributed by atoms with E-state index in [2.05, 4.69) is 62.2 Å². The summed E-state index contributed by atoms with van der Waals surface area (Å²) < 4.78 is 0. The van der Waals surface area contributed by atoms with Crippen LogP contribution in [0, 0.1) is 25.2 Å². The second-order valence-corrected chi connectivity index (χ2v) is 8.85. The molecule has 0 spiro atoms. The Morgan fingerprint density at radius 2 is 1.84 bits per heavy atom. The molecule has 0 saturated carbocycles. The number of fused-ring (bicyclic) bond motifs is 1. The summed E-state index contributed by atoms with van der Waals surface area (Å²) in [6.45, 7) is 13.8. The van der Waals surface area contributed by atoms with Crippen molar-refractivity contribution in [1.29, 1.82) is 5.26 Å². The van der Waals surface area contributed by atoms with E-state index in [0.717, 1.165) is 35.2 Å². The summed E-state index contributed by atoms with van der Waals surface area (Å²) in [4.78, 5) is 15.1. The average Bonchev–Trinajstić information content (AvgIpc) is 2.71. The Labute approximate surface area is 185 Å². The van der Waals surface area contributed by atoms with Crippen molar-refractivity contribution in [3.8, 4) is 6.07 Å². The molecule has 1 aliphatic rings. The summed E-state index contributed by atoms with van der Waals surface area (Å²) in [5.41, 5.74) is 7.33. The largest absolute Gasteiger partial charge is 0.362 e. The van der Waals surface area contributed by atoms with Crippen molar-refractivity contribution in [2.75, 3.05) is 16.8 Å². The van der Waals surface area contributed by atoms with Gasteiger partial charge in [0.05, 0.1) is 5.54 Å². The highest BCUT2D eigenvalue weighted by Gasteiger charge is 2.31. The topological polar surface area (TPSA) is 56.1 Å². The van der Waals surface area contributed by atoms with E-state index in [0.29, 0.717) is 5.69 Å². The molecule has 4 heteroatoms. The third-order valence-corrected chi connectivity index (χ3v) is 5.79. The number of nitriles is 1. The number of hydrogen-bond donors (Lipinski definition) is 1. The highest BCUT2D eigenvalue weighted by Crippen LogP contribution is 2.40. The number of anilines is 2. The third kappa shape index (κ3) is 4.72. The van der Waals surface area contributed by atoms with Gasteiger partial charge in [-0.2, -0.15) is 5.26 Å². The van der Waals surface area contributed by atoms with Crippen LogP contribution in [0.3, 0.4) is 0 Å². The number of carbonyl (C=O) groups excluding carboxylic acids is 1. The molecule has 0 bridgehead atoms. The molecule has 0 atom stereocenters. The van der Waals surface area contributed by atoms with Gasteiger partial charge in [-0.3, -0.25) is 4.79 Å². The SMILES string of the molecule is CCCN1c2cc(C)c(/C=C(\C#N)C(=O)Nc3ccc(C)cc3)cc2C(C)=CC1(C)C. The molecule has 0 aliphatic carbocycles. The lowest BCUT2D eigenvalue weighted by Gasteiger charge is -2.43. The number of nitrogens with zero attached hydrogens (tertiary/aromatic N) is 2. The van der Waals surface area contributed by atoms with Crippen LogP contribution in [0.1, 0.15) is 56.4 Å². The predicted octanol–water partition coefficient (Wildman–Crippen LogP) is 6.26. The van der Waals surface area contributed by atoms with Gasteiger partial charge >= 0.3 is 0 Å². The Kier molecular flexibility index (Phi) is 6.36. The van der Waals surface area contributed by atoms with Crippen molar-refractivity contribution < 1.29 is 4.79 Å². The third-order valence-electron chi connectivity index (χ3n) is 5.79. The van der Waals surface area contributed by atoms with Crippen LogP contribution in [0.4, 0.5) is 11.4 Å². The maximum Gasteiger partial charge on any atom is 0.266 e. The van der Waals surface area contributed by atoms with E-state index >= 15 is 0 Å². The van der Waals surface area contributed by atoms with Crippen LogP contribution in [0.25, 0.3) is 11.6 Å². The van der Waals surface area contributed by atoms with E-state index in [1.54, 1.807) is 6.08 Å². The molecule has 1 aliphatic heterocycles. The molecule has 0 radical (unpaired) electrons. The molecule has 4 nitrogen and oxygen atoms in total. The lowest BCUT2D eigenvalue weighted by molar-refractivity contribution is -0.112. The summed E-state index contributed by atoms with van der Waals surface area (Å²) in [5, 5.41) is 12.5. The van der Waals surface area contributed by atoms with E-state index in [1.807, 2.05) is 38.1 Å². The van der Waals surface area contributed by atoms with Gasteiger partial charge in [0.2, 0.25) is 0 Å². The standard InChI is InChI=1S/C27H31N3O/c1-7-12-30-25-13-19(3)21(15-24(25)20(4)16-27(30,5)6)14-22(17-28)26(31)29-23-10-8-18(2)9-11-23/h8-11,13-16H,7,12H2,1-6H3,(H,29,31)/b22-14+. The van der Waals surface area contributed by atoms with E-state index < -0.39 is 5.91 Å². The quantitative estimate of drug-likeness (QED) is 0.465. The lowest BCUT2D eigenvalue weighted by Crippen LogP contribution is -2.45. The molecule has 0 fully saturated rings. The molecular weight excluding hydrogens is 382 g/mol. The van der Waals surface area contributed by atoms with Crippen molar-refractivity contribution in [1.82, 2.24) is 0 Å². The Balaban J connectivity index is 1.98. The molecule has 2 aromatic carbocycles. The first kappa shape index (κ1) is 22.4. The molecular formula is C27H31N3O. The number of carbonyl (C=O) groups is 1. The zero-order chi connectivity index (χ0) is 22.8. The van der Waals surface area contributed by atoms with Crippen molar-refractivity contribution in [3.63, 3.8) is 0 Å². The molecule has 0 saturated heterocycles. The summed E-state index contributed by atoms with van der Waals surface area (Å²) in [7, 11) is 0. The number of rotatable bonds is 5. The van der Waals surface area contributed by atoms with Crippen LogP contribution in [0.5, 0.6) is 0 Å². The fourth-order valence-corrected chi connectivity index (χ4v) is 4.17. The summed E-state index contributed by atoms with van der Waals surface area (Å²) >= 11 is 0. The van der Waals surface area contributed by atoms with Crippen LogP contribution in [-0.4, -0.2) is 18.0 Å². The van der Waals surface area contributed by atoms with Crippen LogP contribution in [0.2, 0.25) is 0 Å². The average molecular weight is 414 g/mol. The molecule has 0 aromatic heterocycles. The summed E-state index contributed by atoms with van der Waals surface area (Å²) in [6, 6.07) is 13.9. The smallest absolute Gasteiger partial charge is 0.266 e. The van der Waals surface area contributed by atoms with Crippen molar-refractivity contribution >= 4 is 28.9 Å². The molecule has 0 unspecified atom stereocenters. The van der Waals surface area contributed by atoms with E-state index in [9.17, 15) is 10.1 Å². The van der Waals surface area contributed by atoms with Crippen LogP contribution in [-0.2, 0) is 4.79 Å². The molecule has 31 heavy (non-hydrogen) atoms. The zero-order valence-electron chi connectivity index (χ0n) is 19.3. The van der Waals surface area contributed by atoms with Crippen LogP contribution in [0.15, 0.2) is 48.0 Å². The molecule has 1 N–H and O–H groups in total. The van der Waals surface area contributed by atoms with Gasteiger partial charge < -0.3 is 10.2 Å². The number of nitrogens with one attached hydrogen (secondary N) is 1. The maximum atomic E-state index is 12.7. The predicted molar refractivity (Wildman–Crippen MR) is 130 cm³/mol. The Morgan fingerprint density at radius 3 is 2.45 bits per heavy atom. The first-order valence-corrected chi connectivity index (χ1v) is 10.8. The Bertz CT molecular complexity index is 1100. The second kappa shape index (κ2) is 8.81. The van der Waals surface area contributed by atoms with Crippen molar-refractivity contribution in [3.05, 3.63) is 70.3 Å². The fourth-order valence-electron chi connectivity index (χ4n) is 4.17. The summed E-state index contributed by atoms with van der Waals surface area (Å²) in [6.07, 6.45) is 5.05. The van der Waals surface area contributed by atoms with Crippen molar-refractivity contribution in [2.24, 2.45) is 0 Å². The normalized spacial score (nSPS) is 15.1. The zero-order valence-corrected chi connectivity index (χ0v) is 19.3. The van der Waals surface area contributed by atoms with Crippen LogP contribution < -0.4 is 10.2 Å². The van der Waals surface area contributed by atoms with Gasteiger partial charge in [0.1, 0.15) is 11.6 Å². The molecule has 3 rings (SSSR count). The number of aryl methyl sites for hydroxylation is 2. The Hall–Kier alpha value is -3.32. The minimum atomic E-state index is -0.399. The van der Waals surface area contributed by atoms with Gasteiger partial charge in [-0.25, -0.2) is 0 Å². The van der Waals surface area contributed by atoms with E-state index in [1.165, 1.54) is 11.3 Å². The first-order chi connectivity index (χ1) is 14.7. The molecule has 1 amide bonds. The van der Waals surface area contributed by atoms with Gasteiger partial charge in [-0.15, -0.1) is 0 Å². The lowest BCUT2D eigenvalue weighted by atomic mass is 9.86. The van der Waals surface area contributed by atoms with Gasteiger partial charge in [0.25, 0.3) is 5.91 Å². The first-order valence-electron chi connectivity index (χ1n) is 10.8. The van der Waals surface area contributed by atoms with Gasteiger partial charge in [0, 0.05) is 23.5 Å². The Morgan fingerprint density at radius 1 is 1.16 bits per heavy atom. The maximum absolute atomic E-state index is 12.7. The number of allylic oxidation sites excluding steroid dienone is 1. The van der Waals surface area contributed by atoms with Crippen molar-refractivity contribution in [2.45, 2.75) is 53.5 Å². The van der Waals surface area contributed by atoms with Gasteiger partial charge in [0.15, 0.2) is 0 Å². The monoisotopic (exact) mass is 413 g/mol. The van der Waals surface area contributed by atoms with Crippen LogP contribution >= 0.6 is 0 Å². The second-order valence-electron chi connectivity index (χ2n) is 8.85. The molecule has 160 valence electrons. The molecule has 2 aromatic rings. The molecule has 1 heterocycles. The minimum Gasteiger partial charge on any atom is -0.362 e. The highest BCUT2D eigenvalue weighted by molar-refractivity contribution is 6.09.